The molecule has 0 aliphatic rings. The molecule has 0 aliphatic heterocycles. The maximum Gasteiger partial charge on any atom is 0.246 e. The largest absolute Gasteiger partial charge is 0.333 e. The molecule has 0 aromatic heterocycles. The lowest BCUT2D eigenvalue weighted by Gasteiger charge is -2.17. The Labute approximate surface area is 149 Å². The molecule has 2 aromatic rings. The molecule has 130 valence electrons. The van der Waals surface area contributed by atoms with Crippen LogP contribution in [0.4, 0.5) is 5.69 Å². The van der Waals surface area contributed by atoms with E-state index in [1.165, 1.54) is 11.0 Å². The monoisotopic (exact) mass is 336 g/mol. The highest BCUT2D eigenvalue weighted by atomic mass is 16.2. The number of anilines is 1. The number of carbonyl (C=O) groups excluding carboxylic acids is 2. The molecule has 0 unspecified atom stereocenters. The smallest absolute Gasteiger partial charge is 0.246 e. The Morgan fingerprint density at radius 2 is 1.64 bits per heavy atom. The van der Waals surface area contributed by atoms with E-state index in [1.54, 1.807) is 13.1 Å². The lowest BCUT2D eigenvalue weighted by molar-refractivity contribution is -0.129. The third kappa shape index (κ3) is 5.31. The van der Waals surface area contributed by atoms with Gasteiger partial charge in [-0.1, -0.05) is 48.0 Å². The van der Waals surface area contributed by atoms with Crippen molar-refractivity contribution in [2.45, 2.75) is 20.8 Å². The van der Waals surface area contributed by atoms with Crippen molar-refractivity contribution in [3.8, 4) is 0 Å². The first-order valence-electron chi connectivity index (χ1n) is 8.22. The van der Waals surface area contributed by atoms with Crippen molar-refractivity contribution in [3.05, 3.63) is 70.8 Å². The van der Waals surface area contributed by atoms with Crippen molar-refractivity contribution in [2.75, 3.05) is 18.9 Å². The molecule has 0 bridgehead atoms. The molecule has 25 heavy (non-hydrogen) atoms. The first-order chi connectivity index (χ1) is 11.9. The van der Waals surface area contributed by atoms with E-state index < -0.39 is 0 Å². The molecular formula is C21H24N2O2. The Morgan fingerprint density at radius 3 is 2.24 bits per heavy atom. The average molecular weight is 336 g/mol. The number of carbonyl (C=O) groups is 2. The van der Waals surface area contributed by atoms with Crippen molar-refractivity contribution in [3.63, 3.8) is 0 Å². The van der Waals surface area contributed by atoms with Crippen LogP contribution < -0.4 is 5.32 Å². The van der Waals surface area contributed by atoms with Gasteiger partial charge in [0.1, 0.15) is 0 Å². The number of nitrogens with one attached hydrogen (secondary N) is 1. The van der Waals surface area contributed by atoms with E-state index in [0.717, 1.165) is 27.9 Å². The third-order valence-corrected chi connectivity index (χ3v) is 3.92. The molecule has 1 N–H and O–H groups in total. The molecule has 0 spiro atoms. The fourth-order valence-corrected chi connectivity index (χ4v) is 2.71. The maximum absolute atomic E-state index is 12.3. The SMILES string of the molecule is Cc1cc(C)c(NC(=O)CN(C)C(=O)/C=C/c2ccccc2)c(C)c1. The van der Waals surface area contributed by atoms with E-state index in [0.29, 0.717) is 0 Å². The van der Waals surface area contributed by atoms with Gasteiger partial charge in [-0.15, -0.1) is 0 Å². The van der Waals surface area contributed by atoms with Crippen molar-refractivity contribution in [1.29, 1.82) is 0 Å². The summed E-state index contributed by atoms with van der Waals surface area (Å²) in [5, 5.41) is 2.91. The average Bonchev–Trinajstić information content (AvgIpc) is 2.56. The van der Waals surface area contributed by atoms with Gasteiger partial charge in [0.05, 0.1) is 6.54 Å². The van der Waals surface area contributed by atoms with Gasteiger partial charge in [0, 0.05) is 18.8 Å². The normalized spacial score (nSPS) is 10.7. The predicted octanol–water partition coefficient (Wildman–Crippen LogP) is 3.72. The second-order valence-electron chi connectivity index (χ2n) is 6.26. The Morgan fingerprint density at radius 1 is 1.04 bits per heavy atom. The van der Waals surface area contributed by atoms with Crippen LogP contribution in [0, 0.1) is 20.8 Å². The molecule has 0 heterocycles. The van der Waals surface area contributed by atoms with Gasteiger partial charge in [-0.3, -0.25) is 9.59 Å². The van der Waals surface area contributed by atoms with Crippen LogP contribution in [0.1, 0.15) is 22.3 Å². The Hall–Kier alpha value is -2.88. The zero-order valence-electron chi connectivity index (χ0n) is 15.2. The van der Waals surface area contributed by atoms with Gasteiger partial charge in [0.25, 0.3) is 0 Å². The number of nitrogens with zero attached hydrogens (tertiary/aromatic N) is 1. The summed E-state index contributed by atoms with van der Waals surface area (Å²) in [6.45, 7) is 5.96. The molecule has 4 nitrogen and oxygen atoms in total. The number of benzene rings is 2. The minimum absolute atomic E-state index is 0.00468. The van der Waals surface area contributed by atoms with Crippen LogP contribution in [-0.4, -0.2) is 30.3 Å². The predicted molar refractivity (Wildman–Crippen MR) is 102 cm³/mol. The van der Waals surface area contributed by atoms with E-state index in [4.69, 9.17) is 0 Å². The molecule has 0 saturated heterocycles. The van der Waals surface area contributed by atoms with Gasteiger partial charge in [-0.25, -0.2) is 0 Å². The van der Waals surface area contributed by atoms with Crippen molar-refractivity contribution < 1.29 is 9.59 Å². The van der Waals surface area contributed by atoms with E-state index in [1.807, 2.05) is 63.2 Å². The van der Waals surface area contributed by atoms with Gasteiger partial charge in [-0.2, -0.15) is 0 Å². The van der Waals surface area contributed by atoms with Crippen LogP contribution in [0.5, 0.6) is 0 Å². The summed E-state index contributed by atoms with van der Waals surface area (Å²) in [6, 6.07) is 13.6. The number of likely N-dealkylation sites (N-methyl/N-ethyl adjacent to an activating group) is 1. The second-order valence-corrected chi connectivity index (χ2v) is 6.26. The van der Waals surface area contributed by atoms with Crippen LogP contribution in [0.15, 0.2) is 48.5 Å². The molecule has 0 aliphatic carbocycles. The number of amides is 2. The number of rotatable bonds is 5. The first kappa shape index (κ1) is 18.5. The lowest BCUT2D eigenvalue weighted by Crippen LogP contribution is -2.34. The Balaban J connectivity index is 1.96. The minimum Gasteiger partial charge on any atom is -0.333 e. The summed E-state index contributed by atoms with van der Waals surface area (Å²) >= 11 is 0. The highest BCUT2D eigenvalue weighted by molar-refractivity contribution is 5.98. The summed E-state index contributed by atoms with van der Waals surface area (Å²) in [5.74, 6) is -0.421. The van der Waals surface area contributed by atoms with E-state index >= 15 is 0 Å². The second kappa shape index (κ2) is 8.29. The fraction of sp³-hybridized carbons (Fsp3) is 0.238. The van der Waals surface area contributed by atoms with E-state index in [2.05, 4.69) is 5.32 Å². The van der Waals surface area contributed by atoms with Gasteiger partial charge in [-0.05, 0) is 43.5 Å². The quantitative estimate of drug-likeness (QED) is 0.846. The summed E-state index contributed by atoms with van der Waals surface area (Å²) in [6.07, 6.45) is 3.22. The standard InChI is InChI=1S/C21H24N2O2/c1-15-12-16(2)21(17(3)13-15)22-19(24)14-23(4)20(25)11-10-18-8-6-5-7-9-18/h5-13H,14H2,1-4H3,(H,22,24)/b11-10+. The van der Waals surface area contributed by atoms with Crippen LogP contribution in [-0.2, 0) is 9.59 Å². The van der Waals surface area contributed by atoms with Crippen LogP contribution in [0.3, 0.4) is 0 Å². The molecule has 4 heteroatoms. The molecule has 2 rings (SSSR count). The zero-order chi connectivity index (χ0) is 18.4. The van der Waals surface area contributed by atoms with Gasteiger partial charge in [0.15, 0.2) is 0 Å². The number of hydrogen-bond acceptors (Lipinski definition) is 2. The van der Waals surface area contributed by atoms with Gasteiger partial charge < -0.3 is 10.2 Å². The van der Waals surface area contributed by atoms with Gasteiger partial charge in [0.2, 0.25) is 11.8 Å². The lowest BCUT2D eigenvalue weighted by atomic mass is 10.1. The van der Waals surface area contributed by atoms with E-state index in [-0.39, 0.29) is 18.4 Å². The highest BCUT2D eigenvalue weighted by Gasteiger charge is 2.13. The topological polar surface area (TPSA) is 49.4 Å². The summed E-state index contributed by atoms with van der Waals surface area (Å²) in [4.78, 5) is 25.8. The zero-order valence-corrected chi connectivity index (χ0v) is 15.2. The van der Waals surface area contributed by atoms with Crippen molar-refractivity contribution >= 4 is 23.6 Å². The van der Waals surface area contributed by atoms with Crippen LogP contribution in [0.2, 0.25) is 0 Å². The minimum atomic E-state index is -0.212. The molecule has 0 atom stereocenters. The molecule has 0 radical (unpaired) electrons. The Bertz CT molecular complexity index is 772. The van der Waals surface area contributed by atoms with Crippen molar-refractivity contribution in [2.24, 2.45) is 0 Å². The van der Waals surface area contributed by atoms with Gasteiger partial charge >= 0.3 is 0 Å². The molecule has 0 fully saturated rings. The molecular weight excluding hydrogens is 312 g/mol. The maximum atomic E-state index is 12.3. The first-order valence-corrected chi connectivity index (χ1v) is 8.22. The highest BCUT2D eigenvalue weighted by Crippen LogP contribution is 2.21. The van der Waals surface area contributed by atoms with Crippen LogP contribution >= 0.6 is 0 Å². The summed E-state index contributed by atoms with van der Waals surface area (Å²) in [7, 11) is 1.62. The molecule has 2 amide bonds. The van der Waals surface area contributed by atoms with Crippen molar-refractivity contribution in [1.82, 2.24) is 4.90 Å². The number of aryl methyl sites for hydroxylation is 3. The van der Waals surface area contributed by atoms with E-state index in [9.17, 15) is 9.59 Å². The summed E-state index contributed by atoms with van der Waals surface area (Å²) < 4.78 is 0. The third-order valence-electron chi connectivity index (χ3n) is 3.92. The number of hydrogen-bond donors (Lipinski definition) is 1. The van der Waals surface area contributed by atoms with Crippen LogP contribution in [0.25, 0.3) is 6.08 Å². The Kier molecular flexibility index (Phi) is 6.12. The molecule has 2 aromatic carbocycles. The fourth-order valence-electron chi connectivity index (χ4n) is 2.71. The summed E-state index contributed by atoms with van der Waals surface area (Å²) in [5.41, 5.74) is 4.95. The molecule has 0 saturated carbocycles.